The van der Waals surface area contributed by atoms with Gasteiger partial charge in [-0.15, -0.1) is 0 Å². The lowest BCUT2D eigenvalue weighted by atomic mass is 9.81. The third kappa shape index (κ3) is 3.73. The van der Waals surface area contributed by atoms with Gasteiger partial charge < -0.3 is 10.1 Å². The van der Waals surface area contributed by atoms with E-state index in [-0.39, 0.29) is 17.4 Å². The van der Waals surface area contributed by atoms with Crippen LogP contribution in [0.25, 0.3) is 0 Å². The number of para-hydroxylation sites is 1. The first-order chi connectivity index (χ1) is 11.0. The fourth-order valence-electron chi connectivity index (χ4n) is 3.09. The largest absolute Gasteiger partial charge is 0.491 e. The van der Waals surface area contributed by atoms with Crippen molar-refractivity contribution in [3.05, 3.63) is 65.7 Å². The highest BCUT2D eigenvalue weighted by atomic mass is 16.5. The molecule has 1 aliphatic heterocycles. The van der Waals surface area contributed by atoms with Crippen LogP contribution in [0, 0.1) is 0 Å². The molecule has 1 atom stereocenters. The molecule has 1 amide bonds. The summed E-state index contributed by atoms with van der Waals surface area (Å²) in [4.78, 5) is 12.4. The van der Waals surface area contributed by atoms with Crippen LogP contribution in [0.4, 0.5) is 0 Å². The number of hydrogen-bond acceptors (Lipinski definition) is 2. The van der Waals surface area contributed by atoms with Gasteiger partial charge in [0.2, 0.25) is 5.91 Å². The SMILES string of the molecule is CC(C)(CC(=O)NC1COc2ccccc2C1)c1ccccc1. The van der Waals surface area contributed by atoms with E-state index in [0.29, 0.717) is 13.0 Å². The van der Waals surface area contributed by atoms with Crippen LogP contribution in [0.1, 0.15) is 31.4 Å². The minimum absolute atomic E-state index is 0.0453. The van der Waals surface area contributed by atoms with Gasteiger partial charge in [-0.25, -0.2) is 0 Å². The van der Waals surface area contributed by atoms with Crippen molar-refractivity contribution >= 4 is 5.91 Å². The molecular weight excluding hydrogens is 286 g/mol. The molecule has 0 aliphatic carbocycles. The first-order valence-corrected chi connectivity index (χ1v) is 8.10. The van der Waals surface area contributed by atoms with Crippen molar-refractivity contribution in [1.82, 2.24) is 5.32 Å². The van der Waals surface area contributed by atoms with Gasteiger partial charge >= 0.3 is 0 Å². The van der Waals surface area contributed by atoms with Crippen molar-refractivity contribution in [2.45, 2.75) is 38.1 Å². The zero-order chi connectivity index (χ0) is 16.3. The summed E-state index contributed by atoms with van der Waals surface area (Å²) in [5.41, 5.74) is 2.16. The number of carbonyl (C=O) groups is 1. The Morgan fingerprint density at radius 2 is 1.83 bits per heavy atom. The second-order valence-electron chi connectivity index (χ2n) is 6.81. The normalized spacial score (nSPS) is 17.0. The van der Waals surface area contributed by atoms with Crippen molar-refractivity contribution in [3.8, 4) is 5.75 Å². The second-order valence-corrected chi connectivity index (χ2v) is 6.81. The van der Waals surface area contributed by atoms with E-state index in [1.54, 1.807) is 0 Å². The summed E-state index contributed by atoms with van der Waals surface area (Å²) < 4.78 is 5.74. The quantitative estimate of drug-likeness (QED) is 0.939. The van der Waals surface area contributed by atoms with E-state index in [2.05, 4.69) is 37.4 Å². The summed E-state index contributed by atoms with van der Waals surface area (Å²) >= 11 is 0. The number of rotatable bonds is 4. The highest BCUT2D eigenvalue weighted by Gasteiger charge is 2.27. The van der Waals surface area contributed by atoms with Gasteiger partial charge in [0.15, 0.2) is 0 Å². The standard InChI is InChI=1S/C20H23NO2/c1-20(2,16-9-4-3-5-10-16)13-19(22)21-17-12-15-8-6-7-11-18(15)23-14-17/h3-11,17H,12-14H2,1-2H3,(H,21,22). The van der Waals surface area contributed by atoms with Gasteiger partial charge in [-0.1, -0.05) is 62.4 Å². The molecule has 0 spiro atoms. The number of nitrogens with one attached hydrogen (secondary N) is 1. The Balaban J connectivity index is 1.60. The Morgan fingerprint density at radius 3 is 2.61 bits per heavy atom. The van der Waals surface area contributed by atoms with Crippen molar-refractivity contribution in [1.29, 1.82) is 0 Å². The minimum atomic E-state index is -0.182. The van der Waals surface area contributed by atoms with E-state index in [1.807, 2.05) is 36.4 Å². The lowest BCUT2D eigenvalue weighted by Gasteiger charge is -2.29. The van der Waals surface area contributed by atoms with Crippen LogP contribution in [-0.4, -0.2) is 18.6 Å². The molecule has 2 aromatic carbocycles. The fourth-order valence-corrected chi connectivity index (χ4v) is 3.09. The highest BCUT2D eigenvalue weighted by molar-refractivity contribution is 5.78. The molecule has 1 heterocycles. The number of ether oxygens (including phenoxy) is 1. The van der Waals surface area contributed by atoms with Crippen molar-refractivity contribution in [3.63, 3.8) is 0 Å². The van der Waals surface area contributed by atoms with Crippen molar-refractivity contribution in [2.75, 3.05) is 6.61 Å². The van der Waals surface area contributed by atoms with Crippen LogP contribution in [-0.2, 0) is 16.6 Å². The zero-order valence-corrected chi connectivity index (χ0v) is 13.7. The first kappa shape index (κ1) is 15.6. The van der Waals surface area contributed by atoms with Gasteiger partial charge in [0.25, 0.3) is 0 Å². The van der Waals surface area contributed by atoms with E-state index in [1.165, 1.54) is 5.56 Å². The van der Waals surface area contributed by atoms with E-state index in [4.69, 9.17) is 4.74 Å². The molecule has 0 fully saturated rings. The molecule has 3 nitrogen and oxygen atoms in total. The lowest BCUT2D eigenvalue weighted by molar-refractivity contribution is -0.123. The zero-order valence-electron chi connectivity index (χ0n) is 13.7. The van der Waals surface area contributed by atoms with Crippen LogP contribution >= 0.6 is 0 Å². The summed E-state index contributed by atoms with van der Waals surface area (Å²) in [6, 6.07) is 18.2. The Morgan fingerprint density at radius 1 is 1.13 bits per heavy atom. The highest BCUT2D eigenvalue weighted by Crippen LogP contribution is 2.27. The lowest BCUT2D eigenvalue weighted by Crippen LogP contribution is -2.44. The Hall–Kier alpha value is -2.29. The summed E-state index contributed by atoms with van der Waals surface area (Å²) in [7, 11) is 0. The molecule has 1 aliphatic rings. The molecule has 0 bridgehead atoms. The minimum Gasteiger partial charge on any atom is -0.491 e. The van der Waals surface area contributed by atoms with Crippen LogP contribution in [0.2, 0.25) is 0 Å². The monoisotopic (exact) mass is 309 g/mol. The number of benzene rings is 2. The van der Waals surface area contributed by atoms with E-state index in [9.17, 15) is 4.79 Å². The van der Waals surface area contributed by atoms with Crippen LogP contribution in [0.15, 0.2) is 54.6 Å². The Bertz CT molecular complexity index is 679. The van der Waals surface area contributed by atoms with Crippen molar-refractivity contribution < 1.29 is 9.53 Å². The predicted molar refractivity (Wildman–Crippen MR) is 91.7 cm³/mol. The maximum atomic E-state index is 12.4. The van der Waals surface area contributed by atoms with Gasteiger partial charge in [-0.3, -0.25) is 4.79 Å². The first-order valence-electron chi connectivity index (χ1n) is 8.10. The Labute approximate surface area is 137 Å². The number of amides is 1. The summed E-state index contributed by atoms with van der Waals surface area (Å²) in [6.07, 6.45) is 1.29. The summed E-state index contributed by atoms with van der Waals surface area (Å²) in [6.45, 7) is 4.75. The average molecular weight is 309 g/mol. The number of fused-ring (bicyclic) bond motifs is 1. The van der Waals surface area contributed by atoms with E-state index < -0.39 is 0 Å². The van der Waals surface area contributed by atoms with Gasteiger partial charge in [-0.05, 0) is 29.0 Å². The topological polar surface area (TPSA) is 38.3 Å². The van der Waals surface area contributed by atoms with Gasteiger partial charge in [0.1, 0.15) is 12.4 Å². The van der Waals surface area contributed by atoms with Gasteiger partial charge in [0.05, 0.1) is 6.04 Å². The van der Waals surface area contributed by atoms with E-state index in [0.717, 1.165) is 17.7 Å². The Kier molecular flexibility index (Phi) is 4.37. The molecule has 3 heteroatoms. The molecular formula is C20H23NO2. The maximum Gasteiger partial charge on any atom is 0.221 e. The van der Waals surface area contributed by atoms with E-state index >= 15 is 0 Å². The fraction of sp³-hybridized carbons (Fsp3) is 0.350. The van der Waals surface area contributed by atoms with Crippen LogP contribution < -0.4 is 10.1 Å². The third-order valence-electron chi connectivity index (χ3n) is 4.40. The smallest absolute Gasteiger partial charge is 0.221 e. The van der Waals surface area contributed by atoms with Crippen LogP contribution in [0.3, 0.4) is 0 Å². The van der Waals surface area contributed by atoms with Crippen molar-refractivity contribution in [2.24, 2.45) is 0 Å². The van der Waals surface area contributed by atoms with Gasteiger partial charge in [0, 0.05) is 6.42 Å². The molecule has 2 aromatic rings. The third-order valence-corrected chi connectivity index (χ3v) is 4.40. The molecule has 120 valence electrons. The van der Waals surface area contributed by atoms with Crippen LogP contribution in [0.5, 0.6) is 5.75 Å². The number of hydrogen-bond donors (Lipinski definition) is 1. The predicted octanol–water partition coefficient (Wildman–Crippen LogP) is 3.47. The molecule has 1 unspecified atom stereocenters. The molecule has 0 radical (unpaired) electrons. The molecule has 0 saturated carbocycles. The molecule has 3 rings (SSSR count). The average Bonchev–Trinajstić information content (AvgIpc) is 2.55. The molecule has 1 N–H and O–H groups in total. The van der Waals surface area contributed by atoms with Gasteiger partial charge in [-0.2, -0.15) is 0 Å². The maximum absolute atomic E-state index is 12.4. The summed E-state index contributed by atoms with van der Waals surface area (Å²) in [5.74, 6) is 1.01. The number of carbonyl (C=O) groups excluding carboxylic acids is 1. The second kappa shape index (κ2) is 6.45. The molecule has 0 aromatic heterocycles. The molecule has 23 heavy (non-hydrogen) atoms. The molecule has 0 saturated heterocycles. The summed E-state index contributed by atoms with van der Waals surface area (Å²) in [5, 5.41) is 3.12.